The molecule has 0 aromatic heterocycles. The van der Waals surface area contributed by atoms with Crippen molar-refractivity contribution in [3.05, 3.63) is 54.6 Å². The second kappa shape index (κ2) is 5.08. The third-order valence-corrected chi connectivity index (χ3v) is 4.24. The van der Waals surface area contributed by atoms with Gasteiger partial charge in [0.05, 0.1) is 11.8 Å². The van der Waals surface area contributed by atoms with Gasteiger partial charge in [-0.25, -0.2) is 0 Å². The highest BCUT2D eigenvalue weighted by Crippen LogP contribution is 2.47. The molecule has 20 heavy (non-hydrogen) atoms. The molecule has 1 aliphatic carbocycles. The van der Waals surface area contributed by atoms with E-state index in [1.807, 2.05) is 42.5 Å². The van der Waals surface area contributed by atoms with Gasteiger partial charge in [-0.05, 0) is 23.8 Å². The third-order valence-electron chi connectivity index (χ3n) is 4.24. The minimum atomic E-state index is -0.388. The van der Waals surface area contributed by atoms with E-state index in [2.05, 4.69) is 6.58 Å². The minimum absolute atomic E-state index is 0.0318. The maximum atomic E-state index is 11.8. The van der Waals surface area contributed by atoms with Gasteiger partial charge in [-0.3, -0.25) is 9.59 Å². The standard InChI is InChI=1S/C17H16O3/c1-2-12-10-13(9-8-11-6-4-3-5-7-11)15-14(12)16(18)20-17(15)19/h2-9,12-15H,1,10H2/t12?,13?,14-,15?/m0/s1. The zero-order valence-electron chi connectivity index (χ0n) is 11.1. The van der Waals surface area contributed by atoms with E-state index in [9.17, 15) is 9.59 Å². The zero-order valence-corrected chi connectivity index (χ0v) is 11.1. The minimum Gasteiger partial charge on any atom is -0.393 e. The van der Waals surface area contributed by atoms with Gasteiger partial charge in [0.1, 0.15) is 0 Å². The molecule has 3 nitrogen and oxygen atoms in total. The fourth-order valence-corrected chi connectivity index (χ4v) is 3.26. The number of carbonyl (C=O) groups is 2. The average molecular weight is 268 g/mol. The molecule has 102 valence electrons. The van der Waals surface area contributed by atoms with Crippen LogP contribution in [0.15, 0.2) is 49.1 Å². The summed E-state index contributed by atoms with van der Waals surface area (Å²) in [5, 5.41) is 0. The molecule has 2 aliphatic rings. The van der Waals surface area contributed by atoms with Crippen LogP contribution < -0.4 is 0 Å². The molecular formula is C17H16O3. The highest BCUT2D eigenvalue weighted by atomic mass is 16.6. The molecule has 1 heterocycles. The predicted molar refractivity (Wildman–Crippen MR) is 75.3 cm³/mol. The molecule has 0 spiro atoms. The first-order valence-corrected chi connectivity index (χ1v) is 6.82. The van der Waals surface area contributed by atoms with Crippen LogP contribution in [0.1, 0.15) is 12.0 Å². The van der Waals surface area contributed by atoms with Crippen molar-refractivity contribution >= 4 is 18.0 Å². The Hall–Kier alpha value is -2.16. The molecule has 3 unspecified atom stereocenters. The quantitative estimate of drug-likeness (QED) is 0.481. The van der Waals surface area contributed by atoms with Crippen LogP contribution in [0.3, 0.4) is 0 Å². The van der Waals surface area contributed by atoms with Gasteiger partial charge in [-0.1, -0.05) is 48.6 Å². The molecule has 1 aliphatic heterocycles. The van der Waals surface area contributed by atoms with Crippen molar-refractivity contribution in [3.8, 4) is 0 Å². The highest BCUT2D eigenvalue weighted by molar-refractivity contribution is 5.97. The number of allylic oxidation sites excluding steroid dienone is 2. The second-order valence-corrected chi connectivity index (χ2v) is 5.36. The summed E-state index contributed by atoms with van der Waals surface area (Å²) in [7, 11) is 0. The van der Waals surface area contributed by atoms with Gasteiger partial charge >= 0.3 is 11.9 Å². The van der Waals surface area contributed by atoms with Crippen molar-refractivity contribution in [2.45, 2.75) is 6.42 Å². The molecule has 1 saturated carbocycles. The van der Waals surface area contributed by atoms with Gasteiger partial charge in [0, 0.05) is 0 Å². The van der Waals surface area contributed by atoms with Crippen LogP contribution in [-0.4, -0.2) is 11.9 Å². The van der Waals surface area contributed by atoms with Crippen LogP contribution in [-0.2, 0) is 14.3 Å². The summed E-state index contributed by atoms with van der Waals surface area (Å²) in [5.41, 5.74) is 1.09. The fourth-order valence-electron chi connectivity index (χ4n) is 3.26. The van der Waals surface area contributed by atoms with Crippen LogP contribution in [0.25, 0.3) is 6.08 Å². The lowest BCUT2D eigenvalue weighted by molar-refractivity contribution is -0.154. The summed E-state index contributed by atoms with van der Waals surface area (Å²) in [6.45, 7) is 3.77. The summed E-state index contributed by atoms with van der Waals surface area (Å²) in [4.78, 5) is 23.6. The molecule has 4 atom stereocenters. The van der Waals surface area contributed by atoms with Gasteiger partial charge in [0.25, 0.3) is 0 Å². The maximum Gasteiger partial charge on any atom is 0.318 e. The number of hydrogen-bond donors (Lipinski definition) is 0. The summed E-state index contributed by atoms with van der Waals surface area (Å²) < 4.78 is 4.78. The van der Waals surface area contributed by atoms with Crippen molar-refractivity contribution in [3.63, 3.8) is 0 Å². The maximum absolute atomic E-state index is 11.8. The van der Waals surface area contributed by atoms with Gasteiger partial charge < -0.3 is 4.74 Å². The van der Waals surface area contributed by atoms with Crippen molar-refractivity contribution in [2.75, 3.05) is 0 Å². The largest absolute Gasteiger partial charge is 0.393 e. The van der Waals surface area contributed by atoms with Crippen LogP contribution in [0, 0.1) is 23.7 Å². The Morgan fingerprint density at radius 3 is 2.35 bits per heavy atom. The molecule has 3 rings (SSSR count). The molecule has 0 radical (unpaired) electrons. The Morgan fingerprint density at radius 2 is 1.70 bits per heavy atom. The monoisotopic (exact) mass is 268 g/mol. The lowest BCUT2D eigenvalue weighted by atomic mass is 9.89. The average Bonchev–Trinajstić information content (AvgIpc) is 2.97. The number of ether oxygens (including phenoxy) is 1. The normalized spacial score (nSPS) is 32.4. The molecule has 2 fully saturated rings. The molecule has 1 aromatic rings. The van der Waals surface area contributed by atoms with Crippen LogP contribution in [0.2, 0.25) is 0 Å². The number of cyclic esters (lactones) is 2. The lowest BCUT2D eigenvalue weighted by Crippen LogP contribution is -2.19. The number of rotatable bonds is 3. The number of benzene rings is 1. The second-order valence-electron chi connectivity index (χ2n) is 5.36. The van der Waals surface area contributed by atoms with Gasteiger partial charge in [0.15, 0.2) is 0 Å². The van der Waals surface area contributed by atoms with E-state index in [0.717, 1.165) is 12.0 Å². The van der Waals surface area contributed by atoms with Gasteiger partial charge in [-0.2, -0.15) is 0 Å². The summed E-state index contributed by atoms with van der Waals surface area (Å²) in [5.74, 6) is -1.38. The molecule has 0 N–H and O–H groups in total. The van der Waals surface area contributed by atoms with E-state index in [4.69, 9.17) is 4.74 Å². The van der Waals surface area contributed by atoms with Gasteiger partial charge in [0.2, 0.25) is 0 Å². The first kappa shape index (κ1) is 12.9. The number of fused-ring (bicyclic) bond motifs is 1. The molecule has 0 amide bonds. The highest BCUT2D eigenvalue weighted by Gasteiger charge is 2.55. The van der Waals surface area contributed by atoms with Crippen molar-refractivity contribution < 1.29 is 14.3 Å². The topological polar surface area (TPSA) is 43.4 Å². The van der Waals surface area contributed by atoms with Crippen LogP contribution >= 0.6 is 0 Å². The lowest BCUT2D eigenvalue weighted by Gasteiger charge is -2.08. The summed E-state index contributed by atoms with van der Waals surface area (Å²) in [6.07, 6.45) is 6.58. The molecule has 3 heteroatoms. The third kappa shape index (κ3) is 2.09. The van der Waals surface area contributed by atoms with Crippen LogP contribution in [0.4, 0.5) is 0 Å². The Bertz CT molecular complexity index is 573. The first-order valence-electron chi connectivity index (χ1n) is 6.82. The Labute approximate surface area is 117 Å². The van der Waals surface area contributed by atoms with E-state index in [-0.39, 0.29) is 35.6 Å². The molecule has 1 saturated heterocycles. The van der Waals surface area contributed by atoms with Crippen LogP contribution in [0.5, 0.6) is 0 Å². The number of esters is 2. The Balaban J connectivity index is 1.84. The van der Waals surface area contributed by atoms with E-state index in [1.54, 1.807) is 6.08 Å². The summed E-state index contributed by atoms with van der Waals surface area (Å²) >= 11 is 0. The zero-order chi connectivity index (χ0) is 14.1. The molecule has 1 aromatic carbocycles. The van der Waals surface area contributed by atoms with Gasteiger partial charge in [-0.15, -0.1) is 6.58 Å². The Morgan fingerprint density at radius 1 is 1.05 bits per heavy atom. The molecule has 0 bridgehead atoms. The van der Waals surface area contributed by atoms with E-state index in [1.165, 1.54) is 0 Å². The Kier molecular flexibility index (Phi) is 3.26. The van der Waals surface area contributed by atoms with Crippen molar-refractivity contribution in [1.29, 1.82) is 0 Å². The SMILES string of the molecule is C=CC1CC(C=Cc2ccccc2)C2C(=O)OC(=O)[C@@H]12. The first-order chi connectivity index (χ1) is 9.70. The predicted octanol–water partition coefficient (Wildman–Crippen LogP) is 2.84. The van der Waals surface area contributed by atoms with E-state index >= 15 is 0 Å². The van der Waals surface area contributed by atoms with Crippen molar-refractivity contribution in [1.82, 2.24) is 0 Å². The van der Waals surface area contributed by atoms with E-state index < -0.39 is 0 Å². The van der Waals surface area contributed by atoms with Crippen molar-refractivity contribution in [2.24, 2.45) is 23.7 Å². The van der Waals surface area contributed by atoms with E-state index in [0.29, 0.717) is 0 Å². The smallest absolute Gasteiger partial charge is 0.318 e. The summed E-state index contributed by atoms with van der Waals surface area (Å²) in [6, 6.07) is 9.91. The number of hydrogen-bond acceptors (Lipinski definition) is 3. The molecular weight excluding hydrogens is 252 g/mol. The fraction of sp³-hybridized carbons (Fsp3) is 0.294. The number of carbonyl (C=O) groups excluding carboxylic acids is 2.